The summed E-state index contributed by atoms with van der Waals surface area (Å²) in [5.74, 6) is 0. The van der Waals surface area contributed by atoms with Gasteiger partial charge < -0.3 is 4.84 Å². The minimum atomic E-state index is -4.75. The van der Waals surface area contributed by atoms with Gasteiger partial charge in [-0.15, -0.1) is 0 Å². The molecule has 0 amide bonds. The first-order valence-electron chi connectivity index (χ1n) is 7.79. The maximum Gasteiger partial charge on any atom is 0.435 e. The topological polar surface area (TPSA) is 64.7 Å². The minimum absolute atomic E-state index is 0.129. The lowest BCUT2D eigenvalue weighted by Crippen LogP contribution is -2.43. The van der Waals surface area contributed by atoms with Gasteiger partial charge in [-0.25, -0.2) is 0 Å². The SMILES string of the molecule is Cc1cc(C2(C(F)(F)F)CC(c3ccccc3)=NO2)c(C)cc1[N+](=O)[O-]. The highest BCUT2D eigenvalue weighted by atomic mass is 19.4. The fraction of sp³-hybridized carbons (Fsp3) is 0.278. The largest absolute Gasteiger partial charge is 0.435 e. The summed E-state index contributed by atoms with van der Waals surface area (Å²) in [4.78, 5) is 15.4. The molecule has 1 unspecified atom stereocenters. The lowest BCUT2D eigenvalue weighted by molar-refractivity contribution is -0.385. The van der Waals surface area contributed by atoms with E-state index in [-0.39, 0.29) is 28.1 Å². The molecule has 26 heavy (non-hydrogen) atoms. The van der Waals surface area contributed by atoms with Crippen LogP contribution in [0.2, 0.25) is 0 Å². The molecular weight excluding hydrogens is 349 g/mol. The van der Waals surface area contributed by atoms with Gasteiger partial charge in [-0.3, -0.25) is 10.1 Å². The normalized spacial score (nSPS) is 19.8. The molecule has 8 heteroatoms. The van der Waals surface area contributed by atoms with Gasteiger partial charge in [0.1, 0.15) is 0 Å². The van der Waals surface area contributed by atoms with Crippen LogP contribution in [0, 0.1) is 24.0 Å². The highest BCUT2D eigenvalue weighted by Gasteiger charge is 2.63. The van der Waals surface area contributed by atoms with Gasteiger partial charge in [0.25, 0.3) is 11.3 Å². The van der Waals surface area contributed by atoms with Crippen LogP contribution in [0.25, 0.3) is 0 Å². The van der Waals surface area contributed by atoms with E-state index in [9.17, 15) is 23.3 Å². The van der Waals surface area contributed by atoms with Crippen LogP contribution >= 0.6 is 0 Å². The van der Waals surface area contributed by atoms with Crippen molar-refractivity contribution in [2.45, 2.75) is 32.0 Å². The number of halogens is 3. The van der Waals surface area contributed by atoms with Gasteiger partial charge in [0.2, 0.25) is 0 Å². The molecule has 3 rings (SSSR count). The Hall–Kier alpha value is -2.90. The van der Waals surface area contributed by atoms with Crippen LogP contribution < -0.4 is 0 Å². The van der Waals surface area contributed by atoms with Crippen LogP contribution in [0.3, 0.4) is 0 Å². The third kappa shape index (κ3) is 2.81. The highest BCUT2D eigenvalue weighted by molar-refractivity contribution is 6.01. The Morgan fingerprint density at radius 1 is 1.15 bits per heavy atom. The Morgan fingerprint density at radius 2 is 1.81 bits per heavy atom. The maximum atomic E-state index is 14.0. The van der Waals surface area contributed by atoms with Crippen LogP contribution in [0.15, 0.2) is 47.6 Å². The summed E-state index contributed by atoms with van der Waals surface area (Å²) in [6, 6.07) is 10.8. The van der Waals surface area contributed by atoms with E-state index >= 15 is 0 Å². The predicted molar refractivity (Wildman–Crippen MR) is 89.0 cm³/mol. The molecule has 2 aromatic rings. The van der Waals surface area contributed by atoms with Crippen LogP contribution in [-0.4, -0.2) is 16.8 Å². The summed E-state index contributed by atoms with van der Waals surface area (Å²) in [6.45, 7) is 2.80. The van der Waals surface area contributed by atoms with Gasteiger partial charge in [0.15, 0.2) is 0 Å². The first-order valence-corrected chi connectivity index (χ1v) is 7.79. The van der Waals surface area contributed by atoms with Crippen molar-refractivity contribution < 1.29 is 22.9 Å². The molecule has 0 fully saturated rings. The van der Waals surface area contributed by atoms with Crippen molar-refractivity contribution in [3.63, 3.8) is 0 Å². The van der Waals surface area contributed by atoms with E-state index in [2.05, 4.69) is 5.16 Å². The number of nitrogens with zero attached hydrogens (tertiary/aromatic N) is 2. The molecule has 1 aliphatic rings. The molecule has 2 aromatic carbocycles. The molecule has 5 nitrogen and oxygen atoms in total. The average molecular weight is 364 g/mol. The number of alkyl halides is 3. The van der Waals surface area contributed by atoms with Gasteiger partial charge >= 0.3 is 6.18 Å². The molecule has 0 bridgehead atoms. The molecule has 1 atom stereocenters. The maximum absolute atomic E-state index is 14.0. The van der Waals surface area contributed by atoms with Crippen LogP contribution in [0.1, 0.15) is 28.7 Å². The second-order valence-corrected chi connectivity index (χ2v) is 6.21. The molecule has 0 aliphatic carbocycles. The lowest BCUT2D eigenvalue weighted by Gasteiger charge is -2.31. The summed E-state index contributed by atoms with van der Waals surface area (Å²) in [7, 11) is 0. The number of rotatable bonds is 3. The Kier molecular flexibility index (Phi) is 4.21. The molecule has 1 aliphatic heterocycles. The summed E-state index contributed by atoms with van der Waals surface area (Å²) >= 11 is 0. The smallest absolute Gasteiger partial charge is 0.374 e. The second kappa shape index (κ2) is 6.12. The molecule has 0 radical (unpaired) electrons. The van der Waals surface area contributed by atoms with E-state index in [1.807, 2.05) is 0 Å². The van der Waals surface area contributed by atoms with E-state index < -0.39 is 23.1 Å². The number of hydrogen-bond acceptors (Lipinski definition) is 4. The van der Waals surface area contributed by atoms with Crippen molar-refractivity contribution in [1.29, 1.82) is 0 Å². The van der Waals surface area contributed by atoms with Crippen molar-refractivity contribution in [3.05, 3.63) is 74.8 Å². The predicted octanol–water partition coefficient (Wildman–Crippen LogP) is 4.79. The molecular formula is C18H15F3N2O3. The summed E-state index contributed by atoms with van der Waals surface area (Å²) in [6.07, 6.45) is -5.25. The number of oxime groups is 1. The van der Waals surface area contributed by atoms with Crippen molar-refractivity contribution in [2.75, 3.05) is 0 Å². The highest BCUT2D eigenvalue weighted by Crippen LogP contribution is 2.50. The van der Waals surface area contributed by atoms with Crippen molar-refractivity contribution >= 4 is 11.4 Å². The fourth-order valence-corrected chi connectivity index (χ4v) is 3.10. The van der Waals surface area contributed by atoms with Crippen molar-refractivity contribution in [2.24, 2.45) is 5.16 Å². The molecule has 0 saturated carbocycles. The minimum Gasteiger partial charge on any atom is -0.374 e. The average Bonchev–Trinajstić information content (AvgIpc) is 3.03. The van der Waals surface area contributed by atoms with Gasteiger partial charge in [-0.05, 0) is 31.0 Å². The van der Waals surface area contributed by atoms with E-state index in [4.69, 9.17) is 4.84 Å². The molecule has 136 valence electrons. The van der Waals surface area contributed by atoms with Crippen LogP contribution in [-0.2, 0) is 10.4 Å². The summed E-state index contributed by atoms with van der Waals surface area (Å²) in [5.41, 5.74) is -2.08. The first kappa shape index (κ1) is 17.9. The monoisotopic (exact) mass is 364 g/mol. The second-order valence-electron chi connectivity index (χ2n) is 6.21. The quantitative estimate of drug-likeness (QED) is 0.581. The molecule has 0 N–H and O–H groups in total. The third-order valence-electron chi connectivity index (χ3n) is 4.47. The zero-order valence-corrected chi connectivity index (χ0v) is 14.0. The van der Waals surface area contributed by atoms with Crippen molar-refractivity contribution in [3.8, 4) is 0 Å². The zero-order chi connectivity index (χ0) is 19.1. The van der Waals surface area contributed by atoms with E-state index in [1.54, 1.807) is 30.3 Å². The molecule has 0 aromatic heterocycles. The zero-order valence-electron chi connectivity index (χ0n) is 14.0. The van der Waals surface area contributed by atoms with E-state index in [1.165, 1.54) is 19.9 Å². The van der Waals surface area contributed by atoms with Crippen LogP contribution in [0.5, 0.6) is 0 Å². The van der Waals surface area contributed by atoms with Crippen molar-refractivity contribution in [1.82, 2.24) is 0 Å². The number of hydrogen-bond donors (Lipinski definition) is 0. The summed E-state index contributed by atoms with van der Waals surface area (Å²) < 4.78 is 42.1. The Bertz CT molecular complexity index is 895. The molecule has 0 saturated heterocycles. The lowest BCUT2D eigenvalue weighted by atomic mass is 9.83. The van der Waals surface area contributed by atoms with Gasteiger partial charge in [-0.2, -0.15) is 13.2 Å². The van der Waals surface area contributed by atoms with Gasteiger partial charge in [-0.1, -0.05) is 35.5 Å². The number of nitro benzene ring substituents is 1. The van der Waals surface area contributed by atoms with E-state index in [0.29, 0.717) is 5.56 Å². The number of benzene rings is 2. The Balaban J connectivity index is 2.10. The van der Waals surface area contributed by atoms with Gasteiger partial charge in [0, 0.05) is 23.6 Å². The third-order valence-corrected chi connectivity index (χ3v) is 4.47. The fourth-order valence-electron chi connectivity index (χ4n) is 3.10. The molecule has 0 spiro atoms. The molecule has 1 heterocycles. The van der Waals surface area contributed by atoms with Gasteiger partial charge in [0.05, 0.1) is 10.6 Å². The standard InChI is InChI=1S/C18H15F3N2O3/c1-11-9-16(23(24)25)12(2)8-14(11)17(18(19,20)21)10-15(22-26-17)13-6-4-3-5-7-13/h3-9H,10H2,1-2H3. The summed E-state index contributed by atoms with van der Waals surface area (Å²) in [5, 5.41) is 14.7. The first-order chi connectivity index (χ1) is 12.2. The number of aryl methyl sites for hydroxylation is 2. The Labute approximate surface area is 147 Å². The number of nitro groups is 1. The van der Waals surface area contributed by atoms with E-state index in [0.717, 1.165) is 6.07 Å². The van der Waals surface area contributed by atoms with Crippen LogP contribution in [0.4, 0.5) is 18.9 Å². The Morgan fingerprint density at radius 3 is 2.38 bits per heavy atom.